The summed E-state index contributed by atoms with van der Waals surface area (Å²) in [5, 5.41) is 0. The second-order valence-corrected chi connectivity index (χ2v) is 5.08. The normalized spacial score (nSPS) is 10.6. The summed E-state index contributed by atoms with van der Waals surface area (Å²) in [6, 6.07) is 10.0. The minimum Gasteiger partial charge on any atom is -0.456 e. The molecule has 3 heteroatoms. The molecule has 2 rings (SSSR count). The number of pyridine rings is 1. The number of ether oxygens (including phenoxy) is 1. The molecule has 0 unspecified atom stereocenters. The van der Waals surface area contributed by atoms with E-state index in [1.54, 1.807) is 12.4 Å². The van der Waals surface area contributed by atoms with Gasteiger partial charge in [0.15, 0.2) is 0 Å². The van der Waals surface area contributed by atoms with Crippen LogP contribution in [0.3, 0.4) is 0 Å². The summed E-state index contributed by atoms with van der Waals surface area (Å²) in [5.74, 6) is 2.10. The standard InChI is InChI=1S/C14H14BrNO/c1-10(2)11-3-5-13(6-4-11)17-14-7-12(15)8-16-9-14/h3-10H,1-2H3. The molecule has 1 heterocycles. The molecule has 1 aromatic carbocycles. The highest BCUT2D eigenvalue weighted by Crippen LogP contribution is 2.25. The lowest BCUT2D eigenvalue weighted by Gasteiger charge is -2.08. The summed E-state index contributed by atoms with van der Waals surface area (Å²) in [6.45, 7) is 4.35. The number of nitrogens with zero attached hydrogens (tertiary/aromatic N) is 1. The van der Waals surface area contributed by atoms with Gasteiger partial charge in [0.2, 0.25) is 0 Å². The van der Waals surface area contributed by atoms with Crippen LogP contribution in [0.15, 0.2) is 47.2 Å². The molecular weight excluding hydrogens is 278 g/mol. The molecule has 2 aromatic rings. The molecule has 1 aromatic heterocycles. The van der Waals surface area contributed by atoms with Gasteiger partial charge in [0.1, 0.15) is 11.5 Å². The van der Waals surface area contributed by atoms with Crippen LogP contribution in [0.25, 0.3) is 0 Å². The van der Waals surface area contributed by atoms with E-state index in [0.29, 0.717) is 5.92 Å². The van der Waals surface area contributed by atoms with E-state index >= 15 is 0 Å². The Kier molecular flexibility index (Phi) is 3.79. The summed E-state index contributed by atoms with van der Waals surface area (Å²) >= 11 is 3.36. The van der Waals surface area contributed by atoms with E-state index in [1.165, 1.54) is 5.56 Å². The third-order valence-electron chi connectivity index (χ3n) is 2.46. The number of aromatic nitrogens is 1. The van der Waals surface area contributed by atoms with Gasteiger partial charge in [-0.15, -0.1) is 0 Å². The Hall–Kier alpha value is -1.35. The molecule has 0 N–H and O–H groups in total. The van der Waals surface area contributed by atoms with Gasteiger partial charge < -0.3 is 4.74 Å². The maximum absolute atomic E-state index is 5.70. The number of hydrogen-bond acceptors (Lipinski definition) is 2. The fraction of sp³-hybridized carbons (Fsp3) is 0.214. The number of halogens is 1. The molecule has 2 nitrogen and oxygen atoms in total. The maximum Gasteiger partial charge on any atom is 0.146 e. The SMILES string of the molecule is CC(C)c1ccc(Oc2cncc(Br)c2)cc1. The Morgan fingerprint density at radius 1 is 1.06 bits per heavy atom. The van der Waals surface area contributed by atoms with Crippen LogP contribution in [-0.2, 0) is 0 Å². The first-order valence-corrected chi connectivity index (χ1v) is 6.33. The topological polar surface area (TPSA) is 22.1 Å². The second kappa shape index (κ2) is 5.32. The third-order valence-corrected chi connectivity index (χ3v) is 2.90. The van der Waals surface area contributed by atoms with Crippen molar-refractivity contribution in [3.8, 4) is 11.5 Å². The lowest BCUT2D eigenvalue weighted by atomic mass is 10.0. The van der Waals surface area contributed by atoms with E-state index in [9.17, 15) is 0 Å². The molecule has 0 fully saturated rings. The lowest BCUT2D eigenvalue weighted by Crippen LogP contribution is -1.88. The molecule has 0 aliphatic rings. The van der Waals surface area contributed by atoms with Crippen LogP contribution in [0.5, 0.6) is 11.5 Å². The van der Waals surface area contributed by atoms with Crippen molar-refractivity contribution in [2.24, 2.45) is 0 Å². The van der Waals surface area contributed by atoms with Gasteiger partial charge in [-0.3, -0.25) is 4.98 Å². The van der Waals surface area contributed by atoms with Gasteiger partial charge in [0.25, 0.3) is 0 Å². The lowest BCUT2D eigenvalue weighted by molar-refractivity contribution is 0.479. The van der Waals surface area contributed by atoms with E-state index in [2.05, 4.69) is 46.9 Å². The molecule has 88 valence electrons. The Morgan fingerprint density at radius 2 is 1.76 bits per heavy atom. The van der Waals surface area contributed by atoms with Gasteiger partial charge >= 0.3 is 0 Å². The number of rotatable bonds is 3. The zero-order valence-electron chi connectivity index (χ0n) is 9.85. The average molecular weight is 292 g/mol. The molecule has 17 heavy (non-hydrogen) atoms. The molecule has 0 aliphatic carbocycles. The highest BCUT2D eigenvalue weighted by atomic mass is 79.9. The first-order chi connectivity index (χ1) is 8.15. The summed E-state index contributed by atoms with van der Waals surface area (Å²) in [5.41, 5.74) is 1.31. The summed E-state index contributed by atoms with van der Waals surface area (Å²) in [7, 11) is 0. The maximum atomic E-state index is 5.70. The largest absolute Gasteiger partial charge is 0.456 e. The minimum absolute atomic E-state index is 0.539. The van der Waals surface area contributed by atoms with Crippen molar-refractivity contribution in [2.45, 2.75) is 19.8 Å². The van der Waals surface area contributed by atoms with Crippen molar-refractivity contribution in [1.29, 1.82) is 0 Å². The van der Waals surface area contributed by atoms with Gasteiger partial charge in [0, 0.05) is 10.7 Å². The van der Waals surface area contributed by atoms with Crippen LogP contribution in [-0.4, -0.2) is 4.98 Å². The summed E-state index contributed by atoms with van der Waals surface area (Å²) in [4.78, 5) is 4.05. The zero-order chi connectivity index (χ0) is 12.3. The van der Waals surface area contributed by atoms with E-state index in [-0.39, 0.29) is 0 Å². The van der Waals surface area contributed by atoms with Gasteiger partial charge in [-0.25, -0.2) is 0 Å². The van der Waals surface area contributed by atoms with E-state index in [0.717, 1.165) is 16.0 Å². The van der Waals surface area contributed by atoms with Crippen LogP contribution in [0.1, 0.15) is 25.3 Å². The molecular formula is C14H14BrNO. The predicted octanol–water partition coefficient (Wildman–Crippen LogP) is 4.76. The molecule has 0 aliphatic heterocycles. The summed E-state index contributed by atoms with van der Waals surface area (Å²) in [6.07, 6.45) is 3.43. The van der Waals surface area contributed by atoms with Crippen LogP contribution in [0, 0.1) is 0 Å². The van der Waals surface area contributed by atoms with Crippen molar-refractivity contribution in [3.63, 3.8) is 0 Å². The van der Waals surface area contributed by atoms with E-state index in [4.69, 9.17) is 4.74 Å². The predicted molar refractivity (Wildman–Crippen MR) is 72.5 cm³/mol. The Bertz CT molecular complexity index is 494. The van der Waals surface area contributed by atoms with Gasteiger partial charge in [-0.2, -0.15) is 0 Å². The van der Waals surface area contributed by atoms with Crippen molar-refractivity contribution in [2.75, 3.05) is 0 Å². The van der Waals surface area contributed by atoms with Gasteiger partial charge in [-0.1, -0.05) is 26.0 Å². The molecule has 0 atom stereocenters. The highest BCUT2D eigenvalue weighted by Gasteiger charge is 2.01. The van der Waals surface area contributed by atoms with Gasteiger partial charge in [0.05, 0.1) is 6.20 Å². The molecule has 0 spiro atoms. The van der Waals surface area contributed by atoms with E-state index in [1.807, 2.05) is 18.2 Å². The van der Waals surface area contributed by atoms with E-state index < -0.39 is 0 Å². The Morgan fingerprint density at radius 3 is 2.35 bits per heavy atom. The third kappa shape index (κ3) is 3.30. The van der Waals surface area contributed by atoms with Gasteiger partial charge in [-0.05, 0) is 45.6 Å². The number of benzene rings is 1. The minimum atomic E-state index is 0.539. The van der Waals surface area contributed by atoms with Crippen molar-refractivity contribution < 1.29 is 4.74 Å². The fourth-order valence-corrected chi connectivity index (χ4v) is 1.85. The zero-order valence-corrected chi connectivity index (χ0v) is 11.4. The monoisotopic (exact) mass is 291 g/mol. The fourth-order valence-electron chi connectivity index (χ4n) is 1.51. The smallest absolute Gasteiger partial charge is 0.146 e. The van der Waals surface area contributed by atoms with Crippen LogP contribution >= 0.6 is 15.9 Å². The molecule has 0 bridgehead atoms. The molecule has 0 saturated carbocycles. The Labute approximate surface area is 110 Å². The quantitative estimate of drug-likeness (QED) is 0.813. The van der Waals surface area contributed by atoms with Crippen LogP contribution < -0.4 is 4.74 Å². The molecule has 0 saturated heterocycles. The van der Waals surface area contributed by atoms with Crippen molar-refractivity contribution in [3.05, 3.63) is 52.8 Å². The average Bonchev–Trinajstić information content (AvgIpc) is 2.29. The molecule has 0 amide bonds. The van der Waals surface area contributed by atoms with Crippen molar-refractivity contribution in [1.82, 2.24) is 4.98 Å². The van der Waals surface area contributed by atoms with Crippen LogP contribution in [0.2, 0.25) is 0 Å². The Balaban J connectivity index is 2.14. The van der Waals surface area contributed by atoms with Crippen molar-refractivity contribution >= 4 is 15.9 Å². The highest BCUT2D eigenvalue weighted by molar-refractivity contribution is 9.10. The second-order valence-electron chi connectivity index (χ2n) is 4.16. The first-order valence-electron chi connectivity index (χ1n) is 5.53. The summed E-state index contributed by atoms with van der Waals surface area (Å²) < 4.78 is 6.61. The molecule has 0 radical (unpaired) electrons. The van der Waals surface area contributed by atoms with Crippen LogP contribution in [0.4, 0.5) is 0 Å². The number of hydrogen-bond donors (Lipinski definition) is 0. The first kappa shape index (κ1) is 12.1.